The summed E-state index contributed by atoms with van der Waals surface area (Å²) in [6.07, 6.45) is 0. The first-order valence-electron chi connectivity index (χ1n) is 0.756. The molecule has 0 atom stereocenters. The van der Waals surface area contributed by atoms with Crippen LogP contribution < -0.4 is 51.4 Å². The Morgan fingerprint density at radius 1 is 1.17 bits per heavy atom. The van der Waals surface area contributed by atoms with E-state index >= 15 is 0 Å². The van der Waals surface area contributed by atoms with Crippen LogP contribution in [0, 0.1) is 0 Å². The zero-order valence-corrected chi connectivity index (χ0v) is 18.7. The van der Waals surface area contributed by atoms with Crippen molar-refractivity contribution in [2.24, 2.45) is 0 Å². The first kappa shape index (κ1) is 14.0. The Labute approximate surface area is 124 Å². The zero-order chi connectivity index (χ0) is 4.50. The normalized spacial score (nSPS) is 10.0. The Morgan fingerprint density at radius 3 is 1.17 bits per heavy atom. The first-order chi connectivity index (χ1) is 2.00. The van der Waals surface area contributed by atoms with Crippen LogP contribution in [0.4, 0.5) is 0 Å². The number of halogens is 4. The standard InChI is InChI=1S/4HI.K.Pb.H/h4*1H;;;/q;;;;+1;+4;-1/p-3. The molecule has 0 aliphatic carbocycles. The van der Waals surface area contributed by atoms with Crippen LogP contribution in [0.1, 0.15) is 2.85 Å². The number of hydrogen-bond donors (Lipinski definition) is 0. The molecular formula is H2I4KPb+. The molecule has 0 amide bonds. The van der Waals surface area contributed by atoms with Crippen molar-refractivity contribution in [3.8, 4) is 0 Å². The van der Waals surface area contributed by atoms with Gasteiger partial charge in [0.25, 0.3) is 0 Å². The molecule has 0 aliphatic heterocycles. The SMILES string of the molecule is [H+].[H-].[I][Pb]([I])([I])[I].[K+]. The third-order valence-electron chi connectivity index (χ3n) is 0. The summed E-state index contributed by atoms with van der Waals surface area (Å²) in [5, 5.41) is 0. The molecule has 0 N–H and O–H groups in total. The Bertz CT molecular complexity index is 29.5. The molecule has 0 unspecified atom stereocenters. The maximum absolute atomic E-state index is 2.56. The average molecular weight is 756 g/mol. The van der Waals surface area contributed by atoms with E-state index in [0.29, 0.717) is 0 Å². The fourth-order valence-corrected chi connectivity index (χ4v) is 0. The Morgan fingerprint density at radius 2 is 1.17 bits per heavy atom. The van der Waals surface area contributed by atoms with Crippen LogP contribution in [-0.2, 0) is 0 Å². The van der Waals surface area contributed by atoms with Gasteiger partial charge >= 0.3 is 128 Å². The fraction of sp³-hybridized carbons (Fsp3) is 0. The number of rotatable bonds is 0. The molecule has 0 aromatic carbocycles. The van der Waals surface area contributed by atoms with Crippen LogP contribution in [0.15, 0.2) is 0 Å². The third kappa shape index (κ3) is 22.7. The van der Waals surface area contributed by atoms with Gasteiger partial charge in [0.1, 0.15) is 0 Å². The van der Waals surface area contributed by atoms with Crippen molar-refractivity contribution in [1.29, 1.82) is 0 Å². The van der Waals surface area contributed by atoms with Crippen molar-refractivity contribution in [3.05, 3.63) is 0 Å². The molecule has 0 heterocycles. The van der Waals surface area contributed by atoms with E-state index < -0.39 is 4.00 Å². The Kier molecular flexibility index (Phi) is 16.7. The van der Waals surface area contributed by atoms with E-state index in [2.05, 4.69) is 71.0 Å². The van der Waals surface area contributed by atoms with E-state index in [-0.39, 0.29) is 54.2 Å². The summed E-state index contributed by atoms with van der Waals surface area (Å²) >= 11 is 10.2. The maximum Gasteiger partial charge on any atom is 1.00 e. The molecule has 0 aliphatic rings. The van der Waals surface area contributed by atoms with E-state index in [1.807, 2.05) is 0 Å². The summed E-state index contributed by atoms with van der Waals surface area (Å²) in [4.78, 5) is 0. The Hall–Kier alpha value is 5.48. The molecule has 0 saturated carbocycles. The summed E-state index contributed by atoms with van der Waals surface area (Å²) in [5.41, 5.74) is 0. The van der Waals surface area contributed by atoms with Gasteiger partial charge in [-0.15, -0.1) is 0 Å². The van der Waals surface area contributed by atoms with Crippen molar-refractivity contribution in [2.45, 2.75) is 0 Å². The van der Waals surface area contributed by atoms with Gasteiger partial charge in [-0.2, -0.15) is 0 Å². The molecule has 6 heavy (non-hydrogen) atoms. The minimum absolute atomic E-state index is 0. The van der Waals surface area contributed by atoms with Gasteiger partial charge in [0.2, 0.25) is 0 Å². The van der Waals surface area contributed by atoms with Crippen LogP contribution in [0.5, 0.6) is 0 Å². The van der Waals surface area contributed by atoms with E-state index in [0.717, 1.165) is 0 Å². The summed E-state index contributed by atoms with van der Waals surface area (Å²) in [7, 11) is 0. The largest absolute Gasteiger partial charge is 1.00 e. The van der Waals surface area contributed by atoms with Crippen molar-refractivity contribution < 1.29 is 54.2 Å². The van der Waals surface area contributed by atoms with Crippen LogP contribution in [0.3, 0.4) is 0 Å². The van der Waals surface area contributed by atoms with Crippen LogP contribution in [0.25, 0.3) is 0 Å². The first-order valence-corrected chi connectivity index (χ1v) is 44.5. The van der Waals surface area contributed by atoms with Crippen LogP contribution >= 0.6 is 71.0 Å². The van der Waals surface area contributed by atoms with E-state index in [1.165, 1.54) is 0 Å². The van der Waals surface area contributed by atoms with E-state index in [9.17, 15) is 0 Å². The molecule has 0 saturated heterocycles. The molecule has 0 rings (SSSR count). The predicted molar refractivity (Wildman–Crippen MR) is 64.1 cm³/mol. The molecule has 0 aromatic heterocycles. The molecule has 6 heteroatoms. The van der Waals surface area contributed by atoms with Gasteiger partial charge in [0, 0.05) is 0 Å². The molecular weight excluding hydrogens is 754 g/mol. The van der Waals surface area contributed by atoms with Crippen molar-refractivity contribution >= 4 is 75.0 Å². The maximum atomic E-state index is 2.56. The minimum atomic E-state index is -1.40. The fourth-order valence-electron chi connectivity index (χ4n) is 0. The Balaban J connectivity index is -0.0000000267. The van der Waals surface area contributed by atoms with Crippen molar-refractivity contribution in [1.82, 2.24) is 0 Å². The quantitative estimate of drug-likeness (QED) is 0.249. The predicted octanol–water partition coefficient (Wildman–Crippen LogP) is 0.391. The smallest absolute Gasteiger partial charge is 1.00 e. The molecule has 0 spiro atoms. The second kappa shape index (κ2) is 7.15. The molecule has 0 aromatic rings. The van der Waals surface area contributed by atoms with E-state index in [1.54, 1.807) is 0 Å². The summed E-state index contributed by atoms with van der Waals surface area (Å²) in [5.74, 6) is 0. The molecule has 0 nitrogen and oxygen atoms in total. The van der Waals surface area contributed by atoms with Gasteiger partial charge in [-0.25, -0.2) is 0 Å². The van der Waals surface area contributed by atoms with Gasteiger partial charge in [-0.3, -0.25) is 0 Å². The second-order valence-electron chi connectivity index (χ2n) is 0.429. The molecule has 0 radical (unpaired) electrons. The average Bonchev–Trinajstić information content (AvgIpc) is 0.722. The number of hydrogen-bond acceptors (Lipinski definition) is 0. The van der Waals surface area contributed by atoms with Gasteiger partial charge in [0.05, 0.1) is 0 Å². The van der Waals surface area contributed by atoms with Crippen molar-refractivity contribution in [3.63, 3.8) is 0 Å². The second-order valence-corrected chi connectivity index (χ2v) is 169. The molecule has 0 fully saturated rings. The van der Waals surface area contributed by atoms with Gasteiger partial charge in [-0.1, -0.05) is 0 Å². The molecule has 0 bridgehead atoms. The summed E-state index contributed by atoms with van der Waals surface area (Å²) < 4.78 is -1.40. The zero-order valence-electron chi connectivity index (χ0n) is 5.01. The third-order valence-corrected chi connectivity index (χ3v) is 0. The van der Waals surface area contributed by atoms with E-state index in [4.69, 9.17) is 0 Å². The minimum Gasteiger partial charge on any atom is 1.00 e. The monoisotopic (exact) mass is 757 g/mol. The van der Waals surface area contributed by atoms with Crippen LogP contribution in [-0.4, -0.2) is 4.00 Å². The topological polar surface area (TPSA) is 0 Å². The van der Waals surface area contributed by atoms with Crippen molar-refractivity contribution in [2.75, 3.05) is 0 Å². The van der Waals surface area contributed by atoms with Gasteiger partial charge in [0.15, 0.2) is 0 Å². The summed E-state index contributed by atoms with van der Waals surface area (Å²) in [6, 6.07) is 0. The molecule has 34 valence electrons. The summed E-state index contributed by atoms with van der Waals surface area (Å²) in [6.45, 7) is 0. The van der Waals surface area contributed by atoms with Gasteiger partial charge in [-0.05, 0) is 0 Å². The van der Waals surface area contributed by atoms with Gasteiger partial charge < -0.3 is 1.43 Å². The van der Waals surface area contributed by atoms with Crippen LogP contribution in [0.2, 0.25) is 0 Å².